The number of rotatable bonds is 4. The molecule has 1 aliphatic rings. The van der Waals surface area contributed by atoms with Crippen LogP contribution in [0.15, 0.2) is 4.90 Å². The summed E-state index contributed by atoms with van der Waals surface area (Å²) in [5, 5.41) is 3.73. The van der Waals surface area contributed by atoms with Crippen molar-refractivity contribution in [1.82, 2.24) is 4.37 Å². The number of ether oxygens (including phenoxy) is 1. The van der Waals surface area contributed by atoms with Crippen LogP contribution in [0.5, 0.6) is 0 Å². The van der Waals surface area contributed by atoms with E-state index in [1.807, 2.05) is 0 Å². The zero-order valence-corrected chi connectivity index (χ0v) is 12.0. The molecule has 0 aliphatic heterocycles. The maximum Gasteiger partial charge on any atom is 0.182 e. The first-order valence-corrected chi connectivity index (χ1v) is 8.34. The van der Waals surface area contributed by atoms with E-state index in [4.69, 9.17) is 10.5 Å². The van der Waals surface area contributed by atoms with Crippen molar-refractivity contribution in [2.24, 2.45) is 0 Å². The van der Waals surface area contributed by atoms with Crippen LogP contribution < -0.4 is 11.1 Å². The molecule has 1 saturated carbocycles. The number of nitrogens with zero attached hydrogens (tertiary/aromatic N) is 1. The van der Waals surface area contributed by atoms with E-state index >= 15 is 0 Å². The summed E-state index contributed by atoms with van der Waals surface area (Å²) in [7, 11) is -1.70. The largest absolute Gasteiger partial charge is 0.382 e. The lowest BCUT2D eigenvalue weighted by atomic mass is 10.2. The van der Waals surface area contributed by atoms with Gasteiger partial charge in [0, 0.05) is 13.4 Å². The summed E-state index contributed by atoms with van der Waals surface area (Å²) in [6, 6.07) is 0.121. The first-order chi connectivity index (χ1) is 8.43. The molecule has 18 heavy (non-hydrogen) atoms. The second-order valence-electron chi connectivity index (χ2n) is 4.45. The Morgan fingerprint density at radius 2 is 2.22 bits per heavy atom. The molecule has 0 amide bonds. The highest BCUT2D eigenvalue weighted by molar-refractivity contribution is 7.91. The Morgan fingerprint density at radius 1 is 1.50 bits per heavy atom. The van der Waals surface area contributed by atoms with E-state index in [0.717, 1.165) is 37.1 Å². The van der Waals surface area contributed by atoms with Crippen molar-refractivity contribution in [2.75, 3.05) is 24.4 Å². The molecule has 0 aromatic carbocycles. The Hall–Kier alpha value is -0.860. The van der Waals surface area contributed by atoms with Gasteiger partial charge in [-0.15, -0.1) is 0 Å². The van der Waals surface area contributed by atoms with E-state index in [9.17, 15) is 8.42 Å². The fourth-order valence-corrected chi connectivity index (χ4v) is 4.40. The molecule has 2 atom stereocenters. The molecule has 102 valence electrons. The topological polar surface area (TPSA) is 94.3 Å². The Kier molecular flexibility index (Phi) is 3.79. The average molecular weight is 291 g/mol. The molecule has 1 aromatic rings. The van der Waals surface area contributed by atoms with Crippen molar-refractivity contribution < 1.29 is 13.2 Å². The maximum absolute atomic E-state index is 11.7. The summed E-state index contributed by atoms with van der Waals surface area (Å²) in [6.45, 7) is 0. The summed E-state index contributed by atoms with van der Waals surface area (Å²) < 4.78 is 32.6. The molecular formula is C10H17N3O3S2. The molecule has 1 aromatic heterocycles. The number of aromatic nitrogens is 1. The van der Waals surface area contributed by atoms with E-state index < -0.39 is 9.84 Å². The van der Waals surface area contributed by atoms with Gasteiger partial charge >= 0.3 is 0 Å². The maximum atomic E-state index is 11.7. The Labute approximate surface area is 111 Å². The predicted molar refractivity (Wildman–Crippen MR) is 71.7 cm³/mol. The number of hydrogen-bond donors (Lipinski definition) is 2. The van der Waals surface area contributed by atoms with Crippen LogP contribution in [0, 0.1) is 0 Å². The molecule has 2 unspecified atom stereocenters. The van der Waals surface area contributed by atoms with Crippen molar-refractivity contribution >= 4 is 32.2 Å². The van der Waals surface area contributed by atoms with Crippen LogP contribution in [-0.4, -0.2) is 38.3 Å². The second kappa shape index (κ2) is 5.02. The number of methoxy groups -OCH3 is 1. The van der Waals surface area contributed by atoms with Crippen LogP contribution in [0.25, 0.3) is 0 Å². The summed E-state index contributed by atoms with van der Waals surface area (Å²) in [6.07, 6.45) is 4.26. The van der Waals surface area contributed by atoms with Crippen molar-refractivity contribution in [3.63, 3.8) is 0 Å². The summed E-state index contributed by atoms with van der Waals surface area (Å²) >= 11 is 1.08. The second-order valence-corrected chi connectivity index (χ2v) is 7.18. The summed E-state index contributed by atoms with van der Waals surface area (Å²) in [5.41, 5.74) is 5.62. The van der Waals surface area contributed by atoms with E-state index in [1.165, 1.54) is 0 Å². The number of anilines is 2. The highest BCUT2D eigenvalue weighted by Crippen LogP contribution is 2.34. The van der Waals surface area contributed by atoms with Gasteiger partial charge in [-0.3, -0.25) is 0 Å². The Bertz CT molecular complexity index is 526. The number of nitrogen functional groups attached to an aromatic ring is 1. The van der Waals surface area contributed by atoms with Crippen molar-refractivity contribution in [1.29, 1.82) is 0 Å². The molecule has 3 N–H and O–H groups in total. The van der Waals surface area contributed by atoms with Crippen LogP contribution in [0.3, 0.4) is 0 Å². The fraction of sp³-hybridized carbons (Fsp3) is 0.700. The van der Waals surface area contributed by atoms with Gasteiger partial charge in [-0.25, -0.2) is 8.42 Å². The minimum atomic E-state index is -3.37. The lowest BCUT2D eigenvalue weighted by molar-refractivity contribution is 0.101. The molecule has 0 saturated heterocycles. The van der Waals surface area contributed by atoms with E-state index in [0.29, 0.717) is 5.00 Å². The van der Waals surface area contributed by atoms with Crippen LogP contribution >= 0.6 is 11.5 Å². The van der Waals surface area contributed by atoms with Gasteiger partial charge < -0.3 is 15.8 Å². The third-order valence-electron chi connectivity index (χ3n) is 3.12. The molecule has 0 bridgehead atoms. The molecule has 8 heteroatoms. The minimum absolute atomic E-state index is 0.0666. The summed E-state index contributed by atoms with van der Waals surface area (Å²) in [4.78, 5) is 0.106. The van der Waals surface area contributed by atoms with Crippen LogP contribution in [-0.2, 0) is 14.6 Å². The predicted octanol–water partition coefficient (Wildman–Crippen LogP) is 1.11. The number of nitrogens with one attached hydrogen (secondary N) is 1. The molecular weight excluding hydrogens is 274 g/mol. The van der Waals surface area contributed by atoms with Gasteiger partial charge in [0.25, 0.3) is 0 Å². The van der Waals surface area contributed by atoms with Gasteiger partial charge in [0.15, 0.2) is 15.7 Å². The van der Waals surface area contributed by atoms with Gasteiger partial charge in [-0.2, -0.15) is 4.37 Å². The molecule has 1 aliphatic carbocycles. The van der Waals surface area contributed by atoms with Crippen LogP contribution in [0.1, 0.15) is 19.3 Å². The lowest BCUT2D eigenvalue weighted by Crippen LogP contribution is -2.29. The van der Waals surface area contributed by atoms with Gasteiger partial charge in [0.05, 0.1) is 12.1 Å². The van der Waals surface area contributed by atoms with Crippen molar-refractivity contribution in [2.45, 2.75) is 36.3 Å². The normalized spacial score (nSPS) is 24.3. The van der Waals surface area contributed by atoms with E-state index in [2.05, 4.69) is 9.69 Å². The first kappa shape index (κ1) is 13.6. The minimum Gasteiger partial charge on any atom is -0.382 e. The summed E-state index contributed by atoms with van der Waals surface area (Å²) in [5.74, 6) is 0.0666. The fourth-order valence-electron chi connectivity index (χ4n) is 2.29. The molecule has 6 nitrogen and oxygen atoms in total. The molecule has 1 heterocycles. The quantitative estimate of drug-likeness (QED) is 0.863. The van der Waals surface area contributed by atoms with Crippen LogP contribution in [0.2, 0.25) is 0 Å². The number of hydrogen-bond acceptors (Lipinski definition) is 7. The lowest BCUT2D eigenvalue weighted by Gasteiger charge is -2.20. The van der Waals surface area contributed by atoms with Crippen LogP contribution in [0.4, 0.5) is 10.8 Å². The third-order valence-corrected chi connectivity index (χ3v) is 5.19. The van der Waals surface area contributed by atoms with Gasteiger partial charge in [-0.1, -0.05) is 0 Å². The molecule has 1 fully saturated rings. The smallest absolute Gasteiger partial charge is 0.182 e. The Morgan fingerprint density at radius 3 is 2.83 bits per heavy atom. The van der Waals surface area contributed by atoms with Gasteiger partial charge in [0.2, 0.25) is 0 Å². The molecule has 0 spiro atoms. The molecule has 2 rings (SSSR count). The Balaban J connectivity index is 2.25. The highest BCUT2D eigenvalue weighted by Gasteiger charge is 2.30. The number of sulfone groups is 1. The zero-order valence-electron chi connectivity index (χ0n) is 10.3. The first-order valence-electron chi connectivity index (χ1n) is 5.68. The molecule has 0 radical (unpaired) electrons. The van der Waals surface area contributed by atoms with Crippen molar-refractivity contribution in [3.05, 3.63) is 0 Å². The van der Waals surface area contributed by atoms with Crippen molar-refractivity contribution in [3.8, 4) is 0 Å². The highest BCUT2D eigenvalue weighted by atomic mass is 32.2. The SMILES string of the molecule is COC1CCCC1Nc1snc(N)c1S(C)(=O)=O. The average Bonchev–Trinajstić information content (AvgIpc) is 2.84. The standard InChI is InChI=1S/C10H17N3O3S2/c1-16-7-5-3-4-6(7)12-10-8(18(2,14)15)9(11)13-17-10/h6-7,12H,3-5H2,1-2H3,(H2,11,13). The van der Waals surface area contributed by atoms with Gasteiger partial charge in [-0.05, 0) is 30.8 Å². The van der Waals surface area contributed by atoms with E-state index in [1.54, 1.807) is 7.11 Å². The van der Waals surface area contributed by atoms with E-state index in [-0.39, 0.29) is 22.9 Å². The number of nitrogens with two attached hydrogens (primary N) is 1. The zero-order chi connectivity index (χ0) is 13.3. The van der Waals surface area contributed by atoms with Gasteiger partial charge in [0.1, 0.15) is 9.90 Å². The monoisotopic (exact) mass is 291 g/mol. The third kappa shape index (κ3) is 2.60.